The Morgan fingerprint density at radius 2 is 2.18 bits per heavy atom. The van der Waals surface area contributed by atoms with E-state index < -0.39 is 0 Å². The average molecular weight is 153 g/mol. The van der Waals surface area contributed by atoms with Crippen LogP contribution in [0.4, 0.5) is 0 Å². The highest BCUT2D eigenvalue weighted by Gasteiger charge is 2.02. The van der Waals surface area contributed by atoms with Gasteiger partial charge in [0.05, 0.1) is 5.69 Å². The normalized spacial score (nSPS) is 10.5. The molecule has 3 heteroatoms. The summed E-state index contributed by atoms with van der Waals surface area (Å²) in [5, 5.41) is 10.4. The molecule has 0 spiro atoms. The SMILES string of the molecule is CCNCc1n[nH]c(C)c1C. The molecule has 0 radical (unpaired) electrons. The predicted octanol–water partition coefficient (Wildman–Crippen LogP) is 1.14. The van der Waals surface area contributed by atoms with Crippen molar-refractivity contribution in [3.05, 3.63) is 17.0 Å². The van der Waals surface area contributed by atoms with E-state index in [1.807, 2.05) is 6.92 Å². The molecule has 0 unspecified atom stereocenters. The summed E-state index contributed by atoms with van der Waals surface area (Å²) in [5.41, 5.74) is 3.56. The molecule has 2 N–H and O–H groups in total. The largest absolute Gasteiger partial charge is 0.311 e. The van der Waals surface area contributed by atoms with Gasteiger partial charge in [0, 0.05) is 12.2 Å². The number of aryl methyl sites for hydroxylation is 1. The Labute approximate surface area is 67.2 Å². The standard InChI is InChI=1S/C8H15N3/c1-4-9-5-8-6(2)7(3)10-11-8/h9H,4-5H2,1-3H3,(H,10,11). The third kappa shape index (κ3) is 1.80. The Morgan fingerprint density at radius 1 is 1.45 bits per heavy atom. The summed E-state index contributed by atoms with van der Waals surface area (Å²) < 4.78 is 0. The van der Waals surface area contributed by atoms with E-state index >= 15 is 0 Å². The Balaban J connectivity index is 2.63. The van der Waals surface area contributed by atoms with Crippen molar-refractivity contribution in [2.75, 3.05) is 6.54 Å². The molecular formula is C8H15N3. The first kappa shape index (κ1) is 8.27. The third-order valence-electron chi connectivity index (χ3n) is 1.90. The van der Waals surface area contributed by atoms with E-state index in [2.05, 4.69) is 29.4 Å². The van der Waals surface area contributed by atoms with Crippen molar-refractivity contribution in [2.24, 2.45) is 0 Å². The van der Waals surface area contributed by atoms with Crippen LogP contribution in [0.25, 0.3) is 0 Å². The number of hydrogen-bond acceptors (Lipinski definition) is 2. The highest BCUT2D eigenvalue weighted by Crippen LogP contribution is 2.06. The predicted molar refractivity (Wildman–Crippen MR) is 45.4 cm³/mol. The highest BCUT2D eigenvalue weighted by molar-refractivity contribution is 5.21. The minimum Gasteiger partial charge on any atom is -0.311 e. The number of aromatic nitrogens is 2. The number of aromatic amines is 1. The summed E-state index contributed by atoms with van der Waals surface area (Å²) in [4.78, 5) is 0. The lowest BCUT2D eigenvalue weighted by Gasteiger charge is -1.97. The Kier molecular flexibility index (Phi) is 2.65. The van der Waals surface area contributed by atoms with Crippen LogP contribution in [0.5, 0.6) is 0 Å². The number of hydrogen-bond donors (Lipinski definition) is 2. The third-order valence-corrected chi connectivity index (χ3v) is 1.90. The summed E-state index contributed by atoms with van der Waals surface area (Å²) >= 11 is 0. The van der Waals surface area contributed by atoms with Gasteiger partial charge in [-0.15, -0.1) is 0 Å². The van der Waals surface area contributed by atoms with Crippen LogP contribution < -0.4 is 5.32 Å². The second-order valence-corrected chi connectivity index (χ2v) is 2.70. The van der Waals surface area contributed by atoms with Crippen LogP contribution in [-0.4, -0.2) is 16.7 Å². The van der Waals surface area contributed by atoms with Gasteiger partial charge in [-0.25, -0.2) is 0 Å². The summed E-state index contributed by atoms with van der Waals surface area (Å²) in [6.45, 7) is 8.08. The number of rotatable bonds is 3. The van der Waals surface area contributed by atoms with E-state index in [4.69, 9.17) is 0 Å². The zero-order chi connectivity index (χ0) is 8.27. The van der Waals surface area contributed by atoms with Gasteiger partial charge in [0.1, 0.15) is 0 Å². The van der Waals surface area contributed by atoms with E-state index in [-0.39, 0.29) is 0 Å². The van der Waals surface area contributed by atoms with Gasteiger partial charge in [-0.1, -0.05) is 6.92 Å². The van der Waals surface area contributed by atoms with Crippen LogP contribution in [-0.2, 0) is 6.54 Å². The zero-order valence-corrected chi connectivity index (χ0v) is 7.36. The average Bonchev–Trinajstić information content (AvgIpc) is 2.31. The fraction of sp³-hybridized carbons (Fsp3) is 0.625. The lowest BCUT2D eigenvalue weighted by molar-refractivity contribution is 0.704. The van der Waals surface area contributed by atoms with Crippen molar-refractivity contribution >= 4 is 0 Å². The fourth-order valence-corrected chi connectivity index (χ4v) is 0.951. The van der Waals surface area contributed by atoms with E-state index in [0.29, 0.717) is 0 Å². The first-order valence-electron chi connectivity index (χ1n) is 3.96. The first-order valence-corrected chi connectivity index (χ1v) is 3.96. The summed E-state index contributed by atoms with van der Waals surface area (Å²) in [6.07, 6.45) is 0. The van der Waals surface area contributed by atoms with Gasteiger partial charge in [0.15, 0.2) is 0 Å². The van der Waals surface area contributed by atoms with Crippen molar-refractivity contribution in [1.29, 1.82) is 0 Å². The number of nitrogens with one attached hydrogen (secondary N) is 2. The van der Waals surface area contributed by atoms with Gasteiger partial charge >= 0.3 is 0 Å². The summed E-state index contributed by atoms with van der Waals surface area (Å²) in [5.74, 6) is 0. The van der Waals surface area contributed by atoms with Crippen molar-refractivity contribution in [3.8, 4) is 0 Å². The molecule has 1 rings (SSSR count). The molecule has 62 valence electrons. The minimum absolute atomic E-state index is 0.868. The fourth-order valence-electron chi connectivity index (χ4n) is 0.951. The van der Waals surface area contributed by atoms with Gasteiger partial charge in [0.25, 0.3) is 0 Å². The van der Waals surface area contributed by atoms with Crippen LogP contribution in [0.3, 0.4) is 0 Å². The number of H-pyrrole nitrogens is 1. The maximum atomic E-state index is 4.17. The molecule has 1 heterocycles. The van der Waals surface area contributed by atoms with Gasteiger partial charge < -0.3 is 5.32 Å². The number of nitrogens with zero attached hydrogens (tertiary/aromatic N) is 1. The summed E-state index contributed by atoms with van der Waals surface area (Å²) in [6, 6.07) is 0. The van der Waals surface area contributed by atoms with Gasteiger partial charge in [-0.05, 0) is 26.0 Å². The molecule has 11 heavy (non-hydrogen) atoms. The summed E-state index contributed by atoms with van der Waals surface area (Å²) in [7, 11) is 0. The van der Waals surface area contributed by atoms with E-state index in [1.165, 1.54) is 5.56 Å². The van der Waals surface area contributed by atoms with Crippen molar-refractivity contribution in [2.45, 2.75) is 27.3 Å². The Bertz CT molecular complexity index is 227. The molecule has 0 aliphatic heterocycles. The highest BCUT2D eigenvalue weighted by atomic mass is 15.1. The molecule has 0 atom stereocenters. The molecule has 1 aromatic heterocycles. The van der Waals surface area contributed by atoms with E-state index in [9.17, 15) is 0 Å². The maximum Gasteiger partial charge on any atom is 0.0791 e. The van der Waals surface area contributed by atoms with Crippen LogP contribution >= 0.6 is 0 Å². The molecule has 0 aromatic carbocycles. The van der Waals surface area contributed by atoms with Crippen molar-refractivity contribution in [1.82, 2.24) is 15.5 Å². The van der Waals surface area contributed by atoms with Crippen LogP contribution in [0.15, 0.2) is 0 Å². The molecule has 0 aliphatic carbocycles. The van der Waals surface area contributed by atoms with Crippen LogP contribution in [0, 0.1) is 13.8 Å². The lowest BCUT2D eigenvalue weighted by Crippen LogP contribution is -2.12. The molecule has 0 aliphatic rings. The van der Waals surface area contributed by atoms with Crippen LogP contribution in [0.2, 0.25) is 0 Å². The topological polar surface area (TPSA) is 40.7 Å². The monoisotopic (exact) mass is 153 g/mol. The minimum atomic E-state index is 0.868. The molecule has 0 amide bonds. The maximum absolute atomic E-state index is 4.17. The quantitative estimate of drug-likeness (QED) is 0.683. The van der Waals surface area contributed by atoms with Gasteiger partial charge in [-0.3, -0.25) is 5.10 Å². The van der Waals surface area contributed by atoms with Crippen LogP contribution in [0.1, 0.15) is 23.9 Å². The molecular weight excluding hydrogens is 138 g/mol. The first-order chi connectivity index (χ1) is 5.25. The second-order valence-electron chi connectivity index (χ2n) is 2.70. The smallest absolute Gasteiger partial charge is 0.0791 e. The van der Waals surface area contributed by atoms with Crippen molar-refractivity contribution < 1.29 is 0 Å². The molecule has 0 bridgehead atoms. The Hall–Kier alpha value is -0.830. The van der Waals surface area contributed by atoms with Crippen molar-refractivity contribution in [3.63, 3.8) is 0 Å². The Morgan fingerprint density at radius 3 is 2.64 bits per heavy atom. The molecule has 0 saturated heterocycles. The molecule has 1 aromatic rings. The van der Waals surface area contributed by atoms with E-state index in [1.54, 1.807) is 0 Å². The van der Waals surface area contributed by atoms with Gasteiger partial charge in [0.2, 0.25) is 0 Å². The molecule has 0 fully saturated rings. The molecule has 0 saturated carbocycles. The molecule has 3 nitrogen and oxygen atoms in total. The zero-order valence-electron chi connectivity index (χ0n) is 7.36. The van der Waals surface area contributed by atoms with Gasteiger partial charge in [-0.2, -0.15) is 5.10 Å². The van der Waals surface area contributed by atoms with E-state index in [0.717, 1.165) is 24.5 Å². The lowest BCUT2D eigenvalue weighted by atomic mass is 10.2. The second kappa shape index (κ2) is 3.53.